The highest BCUT2D eigenvalue weighted by molar-refractivity contribution is 8.01. The first-order valence-corrected chi connectivity index (χ1v) is 11.6. The third-order valence-corrected chi connectivity index (χ3v) is 6.39. The summed E-state index contributed by atoms with van der Waals surface area (Å²) in [7, 11) is -1.65. The van der Waals surface area contributed by atoms with Gasteiger partial charge >= 0.3 is 0 Å². The number of sulfone groups is 1. The molecule has 2 rings (SSSR count). The molecule has 0 spiro atoms. The molecule has 2 aromatic carbocycles. The lowest BCUT2D eigenvalue weighted by Gasteiger charge is -2.21. The number of nitrogens with zero attached hydrogens (tertiary/aromatic N) is 1. The largest absolute Gasteiger partial charge is 0.325 e. The molecule has 1 atom stereocenters. The first-order valence-electron chi connectivity index (χ1n) is 8.64. The van der Waals surface area contributed by atoms with Gasteiger partial charge in [-0.1, -0.05) is 17.7 Å². The fourth-order valence-corrected chi connectivity index (χ4v) is 3.83. The van der Waals surface area contributed by atoms with Gasteiger partial charge in [0.05, 0.1) is 15.9 Å². The summed E-state index contributed by atoms with van der Waals surface area (Å²) in [6, 6.07) is 13.6. The summed E-state index contributed by atoms with van der Waals surface area (Å²) in [6.45, 7) is 3.72. The molecule has 1 N–H and O–H groups in total. The van der Waals surface area contributed by atoms with Gasteiger partial charge in [-0.05, 0) is 50.2 Å². The van der Waals surface area contributed by atoms with Gasteiger partial charge in [0, 0.05) is 24.7 Å². The molecule has 0 fully saturated rings. The first-order chi connectivity index (χ1) is 13.1. The molecule has 0 radical (unpaired) electrons. The lowest BCUT2D eigenvalue weighted by molar-refractivity contribution is -0.117. The van der Waals surface area contributed by atoms with Gasteiger partial charge in [-0.3, -0.25) is 9.59 Å². The van der Waals surface area contributed by atoms with E-state index >= 15 is 0 Å². The van der Waals surface area contributed by atoms with E-state index in [1.54, 1.807) is 26.1 Å². The van der Waals surface area contributed by atoms with Crippen LogP contribution in [0.5, 0.6) is 0 Å². The minimum atomic E-state index is -3.28. The molecule has 0 aliphatic heterocycles. The Kier molecular flexibility index (Phi) is 7.26. The summed E-state index contributed by atoms with van der Waals surface area (Å²) in [5, 5.41) is 2.38. The topological polar surface area (TPSA) is 83.6 Å². The summed E-state index contributed by atoms with van der Waals surface area (Å²) >= 11 is 1.25. The number of aryl methyl sites for hydroxylation is 1. The molecule has 0 aliphatic rings. The monoisotopic (exact) mass is 420 g/mol. The Bertz CT molecular complexity index is 939. The van der Waals surface area contributed by atoms with E-state index in [9.17, 15) is 18.0 Å². The van der Waals surface area contributed by atoms with Crippen molar-refractivity contribution in [3.05, 3.63) is 54.1 Å². The molecule has 2 aromatic rings. The highest BCUT2D eigenvalue weighted by Crippen LogP contribution is 2.21. The number of amides is 2. The maximum Gasteiger partial charge on any atom is 0.239 e. The number of nitrogens with one attached hydrogen (secondary N) is 1. The van der Waals surface area contributed by atoms with Gasteiger partial charge in [-0.15, -0.1) is 11.8 Å². The number of hydrogen-bond acceptors (Lipinski definition) is 5. The van der Waals surface area contributed by atoms with Gasteiger partial charge < -0.3 is 10.2 Å². The van der Waals surface area contributed by atoms with Crippen molar-refractivity contribution < 1.29 is 18.0 Å². The second-order valence-electron chi connectivity index (χ2n) is 6.53. The van der Waals surface area contributed by atoms with Crippen LogP contribution in [-0.2, 0) is 19.4 Å². The van der Waals surface area contributed by atoms with Crippen LogP contribution in [0.15, 0.2) is 53.4 Å². The van der Waals surface area contributed by atoms with E-state index < -0.39 is 15.1 Å². The zero-order valence-corrected chi connectivity index (χ0v) is 17.9. The Labute approximate surface area is 170 Å². The minimum Gasteiger partial charge on any atom is -0.325 e. The van der Waals surface area contributed by atoms with Gasteiger partial charge in [0.2, 0.25) is 11.8 Å². The summed E-state index contributed by atoms with van der Waals surface area (Å²) < 4.78 is 23.1. The Hall–Kier alpha value is -2.32. The number of anilines is 2. The summed E-state index contributed by atoms with van der Waals surface area (Å²) in [5.74, 6) is -0.185. The predicted octanol–water partition coefficient (Wildman–Crippen LogP) is 3.12. The molecule has 0 aliphatic carbocycles. The van der Waals surface area contributed by atoms with Crippen LogP contribution < -0.4 is 10.2 Å². The number of hydrogen-bond donors (Lipinski definition) is 1. The minimum absolute atomic E-state index is 0.154. The Morgan fingerprint density at radius 3 is 2.18 bits per heavy atom. The smallest absolute Gasteiger partial charge is 0.239 e. The van der Waals surface area contributed by atoms with Gasteiger partial charge in [0.1, 0.15) is 0 Å². The van der Waals surface area contributed by atoms with Crippen LogP contribution in [-0.4, -0.2) is 44.5 Å². The number of rotatable bonds is 7. The lowest BCUT2D eigenvalue weighted by atomic mass is 10.2. The summed E-state index contributed by atoms with van der Waals surface area (Å²) in [5.41, 5.74) is 2.42. The van der Waals surface area contributed by atoms with Gasteiger partial charge in [-0.2, -0.15) is 0 Å². The normalized spacial score (nSPS) is 12.3. The van der Waals surface area contributed by atoms with Gasteiger partial charge in [-0.25, -0.2) is 8.42 Å². The van der Waals surface area contributed by atoms with Crippen molar-refractivity contribution in [3.8, 4) is 0 Å². The average molecular weight is 421 g/mol. The van der Waals surface area contributed by atoms with E-state index in [2.05, 4.69) is 5.32 Å². The number of carbonyl (C=O) groups excluding carboxylic acids is 2. The third-order valence-electron chi connectivity index (χ3n) is 4.13. The molecular weight excluding hydrogens is 396 g/mol. The summed E-state index contributed by atoms with van der Waals surface area (Å²) in [4.78, 5) is 26.3. The molecule has 0 heterocycles. The SMILES string of the molecule is Cc1ccc(NC(=O)CSC(C)C(=O)N(C)c2ccc(S(C)(=O)=O)cc2)cc1. The van der Waals surface area contributed by atoms with Crippen molar-refractivity contribution in [1.29, 1.82) is 0 Å². The van der Waals surface area contributed by atoms with E-state index in [1.165, 1.54) is 28.8 Å². The molecule has 0 bridgehead atoms. The van der Waals surface area contributed by atoms with Crippen molar-refractivity contribution >= 4 is 44.8 Å². The third kappa shape index (κ3) is 6.10. The molecular formula is C20H24N2O4S2. The number of thioether (sulfide) groups is 1. The maximum atomic E-state index is 12.6. The van der Waals surface area contributed by atoms with Crippen LogP contribution in [0.25, 0.3) is 0 Å². The van der Waals surface area contributed by atoms with Crippen LogP contribution in [0, 0.1) is 6.92 Å². The quantitative estimate of drug-likeness (QED) is 0.744. The average Bonchev–Trinajstić information content (AvgIpc) is 2.66. The van der Waals surface area contributed by atoms with E-state index in [0.717, 1.165) is 17.5 Å². The second-order valence-corrected chi connectivity index (χ2v) is 9.88. The number of benzene rings is 2. The highest BCUT2D eigenvalue weighted by Gasteiger charge is 2.20. The van der Waals surface area contributed by atoms with Crippen molar-refractivity contribution in [1.82, 2.24) is 0 Å². The van der Waals surface area contributed by atoms with Crippen molar-refractivity contribution in [3.63, 3.8) is 0 Å². The summed E-state index contributed by atoms with van der Waals surface area (Å²) in [6.07, 6.45) is 1.14. The predicted molar refractivity (Wildman–Crippen MR) is 115 cm³/mol. The van der Waals surface area contributed by atoms with Crippen molar-refractivity contribution in [2.75, 3.05) is 29.3 Å². The molecule has 8 heteroatoms. The van der Waals surface area contributed by atoms with Crippen LogP contribution in [0.3, 0.4) is 0 Å². The fraction of sp³-hybridized carbons (Fsp3) is 0.300. The molecule has 6 nitrogen and oxygen atoms in total. The molecule has 1 unspecified atom stereocenters. The van der Waals surface area contributed by atoms with E-state index in [4.69, 9.17) is 0 Å². The highest BCUT2D eigenvalue weighted by atomic mass is 32.2. The zero-order valence-electron chi connectivity index (χ0n) is 16.3. The zero-order chi connectivity index (χ0) is 20.9. The second kappa shape index (κ2) is 9.25. The van der Waals surface area contributed by atoms with Gasteiger partial charge in [0.15, 0.2) is 9.84 Å². The first kappa shape index (κ1) is 22.0. The van der Waals surface area contributed by atoms with E-state index in [0.29, 0.717) is 5.69 Å². The Morgan fingerprint density at radius 2 is 1.64 bits per heavy atom. The molecule has 0 aromatic heterocycles. The van der Waals surface area contributed by atoms with Crippen LogP contribution in [0.1, 0.15) is 12.5 Å². The Morgan fingerprint density at radius 1 is 1.07 bits per heavy atom. The standard InChI is InChI=1S/C20H24N2O4S2/c1-14-5-7-16(8-6-14)21-19(23)13-27-15(2)20(24)22(3)17-9-11-18(12-10-17)28(4,25)26/h5-12,15H,13H2,1-4H3,(H,21,23). The molecule has 150 valence electrons. The molecule has 0 saturated heterocycles. The molecule has 28 heavy (non-hydrogen) atoms. The number of carbonyl (C=O) groups is 2. The Balaban J connectivity index is 1.90. The maximum absolute atomic E-state index is 12.6. The van der Waals surface area contributed by atoms with Gasteiger partial charge in [0.25, 0.3) is 0 Å². The van der Waals surface area contributed by atoms with E-state index in [1.807, 2.05) is 31.2 Å². The fourth-order valence-electron chi connectivity index (χ4n) is 2.42. The van der Waals surface area contributed by atoms with Crippen LogP contribution >= 0.6 is 11.8 Å². The van der Waals surface area contributed by atoms with Crippen molar-refractivity contribution in [2.24, 2.45) is 0 Å². The lowest BCUT2D eigenvalue weighted by Crippen LogP contribution is -2.34. The molecule has 0 saturated carbocycles. The van der Waals surface area contributed by atoms with Crippen LogP contribution in [0.2, 0.25) is 0 Å². The molecule has 2 amide bonds. The van der Waals surface area contributed by atoms with Crippen molar-refractivity contribution in [2.45, 2.75) is 24.0 Å². The van der Waals surface area contributed by atoms with E-state index in [-0.39, 0.29) is 22.5 Å². The van der Waals surface area contributed by atoms with Crippen LogP contribution in [0.4, 0.5) is 11.4 Å².